The number of piperazine rings is 1. The number of hydrogen-bond acceptors (Lipinski definition) is 4. The molecule has 2 N–H and O–H groups in total. The molecule has 1 heterocycles. The fourth-order valence-corrected chi connectivity index (χ4v) is 2.27. The standard InChI is InChI=1S/C6H12N2O4S/c9-3-4-13(11,12)8-2-1-7-6(10)5-8/h9H,1-5H2,(H,7,10). The van der Waals surface area contributed by atoms with E-state index in [1.807, 2.05) is 0 Å². The highest BCUT2D eigenvalue weighted by Crippen LogP contribution is 2.02. The zero-order valence-corrected chi connectivity index (χ0v) is 7.88. The molecule has 1 amide bonds. The van der Waals surface area contributed by atoms with Crippen LogP contribution in [0.3, 0.4) is 0 Å². The minimum absolute atomic E-state index is 0.137. The summed E-state index contributed by atoms with van der Waals surface area (Å²) in [6.45, 7) is 0.0698. The second-order valence-electron chi connectivity index (χ2n) is 2.72. The Morgan fingerprint density at radius 1 is 1.54 bits per heavy atom. The first kappa shape index (κ1) is 10.4. The van der Waals surface area contributed by atoms with Crippen LogP contribution in [0.5, 0.6) is 0 Å². The third kappa shape index (κ3) is 2.64. The number of nitrogens with one attached hydrogen (secondary N) is 1. The zero-order chi connectivity index (χ0) is 9.90. The summed E-state index contributed by atoms with van der Waals surface area (Å²) in [6.07, 6.45) is 0. The van der Waals surface area contributed by atoms with E-state index in [1.54, 1.807) is 0 Å². The van der Waals surface area contributed by atoms with Crippen molar-refractivity contribution in [1.82, 2.24) is 9.62 Å². The first-order chi connectivity index (χ1) is 6.06. The van der Waals surface area contributed by atoms with Crippen LogP contribution in [-0.4, -0.2) is 55.7 Å². The summed E-state index contributed by atoms with van der Waals surface area (Å²) in [7, 11) is -3.44. The van der Waals surface area contributed by atoms with Gasteiger partial charge in [-0.3, -0.25) is 4.79 Å². The molecule has 0 saturated carbocycles. The number of aliphatic hydroxyl groups excluding tert-OH is 1. The van der Waals surface area contributed by atoms with Crippen molar-refractivity contribution in [2.24, 2.45) is 0 Å². The van der Waals surface area contributed by atoms with E-state index in [-0.39, 0.29) is 24.7 Å². The van der Waals surface area contributed by atoms with Gasteiger partial charge >= 0.3 is 0 Å². The molecule has 1 rings (SSSR count). The van der Waals surface area contributed by atoms with Crippen LogP contribution in [0.2, 0.25) is 0 Å². The van der Waals surface area contributed by atoms with E-state index in [2.05, 4.69) is 5.32 Å². The van der Waals surface area contributed by atoms with Gasteiger partial charge in [0.2, 0.25) is 15.9 Å². The van der Waals surface area contributed by atoms with Gasteiger partial charge in [-0.2, -0.15) is 4.31 Å². The molecule has 0 spiro atoms. The highest BCUT2D eigenvalue weighted by atomic mass is 32.2. The summed E-state index contributed by atoms with van der Waals surface area (Å²) in [5.41, 5.74) is 0. The van der Waals surface area contributed by atoms with Crippen molar-refractivity contribution < 1.29 is 18.3 Å². The minimum atomic E-state index is -3.44. The zero-order valence-electron chi connectivity index (χ0n) is 7.06. The average Bonchev–Trinajstić information content (AvgIpc) is 2.04. The molecule has 1 aliphatic rings. The Hall–Kier alpha value is -0.660. The van der Waals surface area contributed by atoms with Crippen LogP contribution in [0, 0.1) is 0 Å². The highest BCUT2D eigenvalue weighted by molar-refractivity contribution is 7.89. The average molecular weight is 208 g/mol. The Bertz CT molecular complexity index is 287. The third-order valence-corrected chi connectivity index (χ3v) is 3.54. The quantitative estimate of drug-likeness (QED) is 0.548. The molecule has 0 unspecified atom stereocenters. The molecule has 0 aromatic rings. The maximum Gasteiger partial charge on any atom is 0.235 e. The molecule has 0 atom stereocenters. The lowest BCUT2D eigenvalue weighted by molar-refractivity contribution is -0.122. The lowest BCUT2D eigenvalue weighted by atomic mass is 10.4. The molecule has 0 radical (unpaired) electrons. The summed E-state index contributed by atoms with van der Waals surface area (Å²) in [5, 5.41) is 11.0. The van der Waals surface area contributed by atoms with Crippen LogP contribution in [0.1, 0.15) is 0 Å². The molecule has 6 nitrogen and oxygen atoms in total. The smallest absolute Gasteiger partial charge is 0.235 e. The van der Waals surface area contributed by atoms with Crippen LogP contribution in [0.15, 0.2) is 0 Å². The number of rotatable bonds is 3. The molecule has 0 aromatic carbocycles. The second kappa shape index (κ2) is 4.03. The van der Waals surface area contributed by atoms with Gasteiger partial charge < -0.3 is 10.4 Å². The molecular weight excluding hydrogens is 196 g/mol. The first-order valence-electron chi connectivity index (χ1n) is 3.91. The Morgan fingerprint density at radius 2 is 2.23 bits per heavy atom. The number of aliphatic hydroxyl groups is 1. The number of nitrogens with zero attached hydrogens (tertiary/aromatic N) is 1. The maximum absolute atomic E-state index is 11.3. The second-order valence-corrected chi connectivity index (χ2v) is 4.81. The maximum atomic E-state index is 11.3. The van der Waals surface area contributed by atoms with Crippen LogP contribution >= 0.6 is 0 Å². The number of amides is 1. The van der Waals surface area contributed by atoms with Crippen molar-refractivity contribution in [2.75, 3.05) is 32.0 Å². The lowest BCUT2D eigenvalue weighted by Gasteiger charge is -2.25. The molecule has 1 saturated heterocycles. The molecule has 0 aliphatic carbocycles. The van der Waals surface area contributed by atoms with Crippen LogP contribution in [0.25, 0.3) is 0 Å². The Morgan fingerprint density at radius 3 is 2.77 bits per heavy atom. The van der Waals surface area contributed by atoms with E-state index in [9.17, 15) is 13.2 Å². The fourth-order valence-electron chi connectivity index (χ4n) is 1.10. The van der Waals surface area contributed by atoms with Crippen LogP contribution < -0.4 is 5.32 Å². The van der Waals surface area contributed by atoms with Gasteiger partial charge in [-0.1, -0.05) is 0 Å². The summed E-state index contributed by atoms with van der Waals surface area (Å²) >= 11 is 0. The first-order valence-corrected chi connectivity index (χ1v) is 5.52. The number of carbonyl (C=O) groups is 1. The highest BCUT2D eigenvalue weighted by Gasteiger charge is 2.26. The number of carbonyl (C=O) groups excluding carboxylic acids is 1. The van der Waals surface area contributed by atoms with E-state index in [4.69, 9.17) is 5.11 Å². The van der Waals surface area contributed by atoms with Crippen molar-refractivity contribution in [3.8, 4) is 0 Å². The van der Waals surface area contributed by atoms with Crippen LogP contribution in [-0.2, 0) is 14.8 Å². The predicted octanol–water partition coefficient (Wildman–Crippen LogP) is -2.26. The van der Waals surface area contributed by atoms with Crippen molar-refractivity contribution in [3.63, 3.8) is 0 Å². The molecule has 76 valence electrons. The van der Waals surface area contributed by atoms with Gasteiger partial charge in [0.25, 0.3) is 0 Å². The third-order valence-electron chi connectivity index (χ3n) is 1.75. The molecule has 1 aliphatic heterocycles. The van der Waals surface area contributed by atoms with E-state index in [0.29, 0.717) is 6.54 Å². The topological polar surface area (TPSA) is 86.7 Å². The molecule has 0 bridgehead atoms. The SMILES string of the molecule is O=C1CN(S(=O)(=O)CCO)CCN1. The molecular formula is C6H12N2O4S. The number of sulfonamides is 1. The van der Waals surface area contributed by atoms with Gasteiger partial charge in [-0.15, -0.1) is 0 Å². The van der Waals surface area contributed by atoms with Crippen molar-refractivity contribution in [3.05, 3.63) is 0 Å². The van der Waals surface area contributed by atoms with Crippen molar-refractivity contribution >= 4 is 15.9 Å². The molecule has 0 aromatic heterocycles. The molecule has 7 heteroatoms. The van der Waals surface area contributed by atoms with E-state index in [1.165, 1.54) is 0 Å². The van der Waals surface area contributed by atoms with Crippen LogP contribution in [0.4, 0.5) is 0 Å². The normalized spacial score (nSPS) is 19.9. The van der Waals surface area contributed by atoms with Gasteiger partial charge in [-0.25, -0.2) is 8.42 Å². The largest absolute Gasteiger partial charge is 0.395 e. The number of hydrogen-bond donors (Lipinski definition) is 2. The Balaban J connectivity index is 2.65. The summed E-state index contributed by atoms with van der Waals surface area (Å²) < 4.78 is 23.7. The van der Waals surface area contributed by atoms with Crippen molar-refractivity contribution in [1.29, 1.82) is 0 Å². The summed E-state index contributed by atoms with van der Waals surface area (Å²) in [6, 6.07) is 0. The van der Waals surface area contributed by atoms with Crippen molar-refractivity contribution in [2.45, 2.75) is 0 Å². The fraction of sp³-hybridized carbons (Fsp3) is 0.833. The predicted molar refractivity (Wildman–Crippen MR) is 45.5 cm³/mol. The van der Waals surface area contributed by atoms with E-state index >= 15 is 0 Å². The van der Waals surface area contributed by atoms with E-state index in [0.717, 1.165) is 4.31 Å². The summed E-state index contributed by atoms with van der Waals surface area (Å²) in [4.78, 5) is 10.8. The Kier molecular flexibility index (Phi) is 3.23. The van der Waals surface area contributed by atoms with E-state index < -0.39 is 16.6 Å². The molecule has 13 heavy (non-hydrogen) atoms. The van der Waals surface area contributed by atoms with Gasteiger partial charge in [0.05, 0.1) is 18.9 Å². The lowest BCUT2D eigenvalue weighted by Crippen LogP contribution is -2.50. The Labute approximate surface area is 76.6 Å². The van der Waals surface area contributed by atoms with Gasteiger partial charge in [-0.05, 0) is 0 Å². The van der Waals surface area contributed by atoms with Gasteiger partial charge in [0.15, 0.2) is 0 Å². The monoisotopic (exact) mass is 208 g/mol. The summed E-state index contributed by atoms with van der Waals surface area (Å²) in [5.74, 6) is -0.618. The van der Waals surface area contributed by atoms with Gasteiger partial charge in [0, 0.05) is 13.1 Å². The van der Waals surface area contributed by atoms with Gasteiger partial charge in [0.1, 0.15) is 0 Å². The molecule has 1 fully saturated rings. The minimum Gasteiger partial charge on any atom is -0.395 e.